The molecule has 19 heavy (non-hydrogen) atoms. The summed E-state index contributed by atoms with van der Waals surface area (Å²) in [5.41, 5.74) is 7.94. The number of aliphatic hydroxyl groups is 1. The van der Waals surface area contributed by atoms with E-state index in [9.17, 15) is 5.11 Å². The van der Waals surface area contributed by atoms with Gasteiger partial charge in [0.05, 0.1) is 12.1 Å². The fourth-order valence-electron chi connectivity index (χ4n) is 1.44. The summed E-state index contributed by atoms with van der Waals surface area (Å²) in [4.78, 5) is 0. The largest absolute Gasteiger partial charge is 0.388 e. The van der Waals surface area contributed by atoms with Gasteiger partial charge >= 0.3 is 0 Å². The summed E-state index contributed by atoms with van der Waals surface area (Å²) in [6.45, 7) is 7.47. The molecule has 0 atom stereocenters. The van der Waals surface area contributed by atoms with Gasteiger partial charge in [-0.3, -0.25) is 0 Å². The van der Waals surface area contributed by atoms with E-state index in [2.05, 4.69) is 31.4 Å². The summed E-state index contributed by atoms with van der Waals surface area (Å²) in [6, 6.07) is 3.86. The molecule has 1 aromatic rings. The standard InChI is InChI=1S/C13H19BrN4O/c1-8-5-10(6-9(2)11(8)14)12(15)17-18-16-7-13(3,4)19/h5-6,19H,7H2,1-4H3,(H2,15,16,17). The molecule has 0 aromatic heterocycles. The lowest BCUT2D eigenvalue weighted by atomic mass is 10.1. The van der Waals surface area contributed by atoms with Crippen LogP contribution in [0.25, 0.3) is 0 Å². The Balaban J connectivity index is 2.86. The van der Waals surface area contributed by atoms with Crippen molar-refractivity contribution in [1.82, 2.24) is 0 Å². The van der Waals surface area contributed by atoms with Gasteiger partial charge in [-0.25, -0.2) is 0 Å². The first-order valence-corrected chi connectivity index (χ1v) is 6.69. The second kappa shape index (κ2) is 6.25. The van der Waals surface area contributed by atoms with Gasteiger partial charge in [0, 0.05) is 10.0 Å². The second-order valence-electron chi connectivity index (χ2n) is 5.11. The number of nitrogens with zero attached hydrogens (tertiary/aromatic N) is 3. The monoisotopic (exact) mass is 326 g/mol. The van der Waals surface area contributed by atoms with E-state index in [1.165, 1.54) is 0 Å². The second-order valence-corrected chi connectivity index (χ2v) is 5.90. The molecule has 0 heterocycles. The van der Waals surface area contributed by atoms with E-state index in [-0.39, 0.29) is 6.54 Å². The van der Waals surface area contributed by atoms with Gasteiger partial charge in [0.2, 0.25) is 0 Å². The van der Waals surface area contributed by atoms with Crippen LogP contribution in [-0.4, -0.2) is 23.1 Å². The minimum absolute atomic E-state index is 0.183. The maximum atomic E-state index is 9.46. The molecular formula is C13H19BrN4O. The van der Waals surface area contributed by atoms with Crippen LogP contribution in [0, 0.1) is 13.8 Å². The Labute approximate surface area is 121 Å². The number of amidine groups is 1. The summed E-state index contributed by atoms with van der Waals surface area (Å²) in [7, 11) is 0. The average molecular weight is 327 g/mol. The van der Waals surface area contributed by atoms with Crippen molar-refractivity contribution in [3.05, 3.63) is 33.3 Å². The molecule has 5 nitrogen and oxygen atoms in total. The first-order chi connectivity index (χ1) is 8.70. The Bertz CT molecular complexity index is 495. The molecule has 0 aliphatic heterocycles. The molecule has 0 amide bonds. The molecule has 1 aromatic carbocycles. The Hall–Kier alpha value is -1.27. The van der Waals surface area contributed by atoms with Gasteiger partial charge in [0.15, 0.2) is 5.84 Å². The number of rotatable bonds is 4. The number of hydrogen-bond acceptors (Lipinski definition) is 3. The SMILES string of the molecule is Cc1cc(/C(N)=N/N=NCC(C)(C)O)cc(C)c1Br. The van der Waals surface area contributed by atoms with Crippen LogP contribution in [-0.2, 0) is 0 Å². The van der Waals surface area contributed by atoms with Gasteiger partial charge in [-0.2, -0.15) is 5.11 Å². The average Bonchev–Trinajstić information content (AvgIpc) is 2.29. The molecule has 0 aliphatic carbocycles. The molecule has 104 valence electrons. The summed E-state index contributed by atoms with van der Waals surface area (Å²) in [5.74, 6) is 0.304. The van der Waals surface area contributed by atoms with E-state index in [1.54, 1.807) is 13.8 Å². The molecule has 0 radical (unpaired) electrons. The summed E-state index contributed by atoms with van der Waals surface area (Å²) >= 11 is 3.50. The fraction of sp³-hybridized carbons (Fsp3) is 0.462. The number of halogens is 1. The lowest BCUT2D eigenvalue weighted by Gasteiger charge is -2.11. The van der Waals surface area contributed by atoms with E-state index >= 15 is 0 Å². The van der Waals surface area contributed by atoms with E-state index < -0.39 is 5.60 Å². The van der Waals surface area contributed by atoms with Gasteiger partial charge in [-0.1, -0.05) is 15.9 Å². The zero-order valence-electron chi connectivity index (χ0n) is 11.6. The molecule has 0 saturated heterocycles. The van der Waals surface area contributed by atoms with Gasteiger partial charge < -0.3 is 10.8 Å². The molecule has 0 bridgehead atoms. The van der Waals surface area contributed by atoms with Crippen LogP contribution in [0.2, 0.25) is 0 Å². The van der Waals surface area contributed by atoms with E-state index in [4.69, 9.17) is 5.73 Å². The van der Waals surface area contributed by atoms with E-state index in [0.717, 1.165) is 21.2 Å². The van der Waals surface area contributed by atoms with Gasteiger partial charge in [0.25, 0.3) is 0 Å². The molecule has 1 rings (SSSR count). The van der Waals surface area contributed by atoms with Crippen LogP contribution >= 0.6 is 15.9 Å². The molecule has 0 aliphatic rings. The normalized spacial score (nSPS) is 13.3. The lowest BCUT2D eigenvalue weighted by Crippen LogP contribution is -2.22. The molecule has 0 unspecified atom stereocenters. The first-order valence-electron chi connectivity index (χ1n) is 5.90. The maximum Gasteiger partial charge on any atom is 0.155 e. The van der Waals surface area contributed by atoms with Crippen molar-refractivity contribution in [3.8, 4) is 0 Å². The van der Waals surface area contributed by atoms with Crippen LogP contribution in [0.5, 0.6) is 0 Å². The van der Waals surface area contributed by atoms with Crippen LogP contribution in [0.1, 0.15) is 30.5 Å². The van der Waals surface area contributed by atoms with Crippen LogP contribution < -0.4 is 5.73 Å². The van der Waals surface area contributed by atoms with Crippen LogP contribution in [0.4, 0.5) is 0 Å². The quantitative estimate of drug-likeness (QED) is 0.386. The predicted molar refractivity (Wildman–Crippen MR) is 80.4 cm³/mol. The zero-order valence-corrected chi connectivity index (χ0v) is 13.2. The lowest BCUT2D eigenvalue weighted by molar-refractivity contribution is 0.0886. The van der Waals surface area contributed by atoms with Crippen molar-refractivity contribution < 1.29 is 5.11 Å². The molecule has 0 spiro atoms. The highest BCUT2D eigenvalue weighted by molar-refractivity contribution is 9.10. The van der Waals surface area contributed by atoms with Crippen molar-refractivity contribution in [1.29, 1.82) is 0 Å². The molecule has 6 heteroatoms. The van der Waals surface area contributed by atoms with Gasteiger partial charge in [0.1, 0.15) is 0 Å². The molecule has 0 fully saturated rings. The highest BCUT2D eigenvalue weighted by Gasteiger charge is 2.10. The summed E-state index contributed by atoms with van der Waals surface area (Å²) < 4.78 is 1.06. The van der Waals surface area contributed by atoms with Crippen LogP contribution in [0.15, 0.2) is 32.0 Å². The van der Waals surface area contributed by atoms with Gasteiger partial charge in [-0.05, 0) is 56.2 Å². The highest BCUT2D eigenvalue weighted by Crippen LogP contribution is 2.22. The number of nitrogens with two attached hydrogens (primary N) is 1. The Morgan fingerprint density at radius 2 is 1.84 bits per heavy atom. The third kappa shape index (κ3) is 5.08. The van der Waals surface area contributed by atoms with Crippen molar-refractivity contribution in [2.24, 2.45) is 21.2 Å². The van der Waals surface area contributed by atoms with Crippen LogP contribution in [0.3, 0.4) is 0 Å². The Morgan fingerprint density at radius 3 is 2.32 bits per heavy atom. The third-order valence-electron chi connectivity index (χ3n) is 2.41. The van der Waals surface area contributed by atoms with Gasteiger partial charge in [-0.15, -0.1) is 5.10 Å². The first kappa shape index (κ1) is 15.8. The molecule has 3 N–H and O–H groups in total. The highest BCUT2D eigenvalue weighted by atomic mass is 79.9. The molecule has 0 saturated carbocycles. The van der Waals surface area contributed by atoms with E-state index in [1.807, 2.05) is 26.0 Å². The van der Waals surface area contributed by atoms with Crippen molar-refractivity contribution in [2.45, 2.75) is 33.3 Å². The number of aryl methyl sites for hydroxylation is 2. The fourth-order valence-corrected chi connectivity index (χ4v) is 1.66. The topological polar surface area (TPSA) is 83.3 Å². The Morgan fingerprint density at radius 1 is 1.32 bits per heavy atom. The predicted octanol–water partition coefficient (Wildman–Crippen LogP) is 2.91. The number of benzene rings is 1. The van der Waals surface area contributed by atoms with Crippen molar-refractivity contribution in [2.75, 3.05) is 6.54 Å². The Kier molecular flexibility index (Phi) is 5.20. The minimum atomic E-state index is -0.890. The summed E-state index contributed by atoms with van der Waals surface area (Å²) in [5, 5.41) is 20.7. The third-order valence-corrected chi connectivity index (χ3v) is 3.66. The van der Waals surface area contributed by atoms with Crippen molar-refractivity contribution >= 4 is 21.8 Å². The zero-order chi connectivity index (χ0) is 14.6. The van der Waals surface area contributed by atoms with E-state index in [0.29, 0.717) is 5.84 Å². The number of hydrogen-bond donors (Lipinski definition) is 2. The molecular weight excluding hydrogens is 308 g/mol. The van der Waals surface area contributed by atoms with Crippen molar-refractivity contribution in [3.63, 3.8) is 0 Å². The summed E-state index contributed by atoms with van der Waals surface area (Å²) in [6.07, 6.45) is 0. The minimum Gasteiger partial charge on any atom is -0.388 e. The smallest absolute Gasteiger partial charge is 0.155 e. The maximum absolute atomic E-state index is 9.46.